The molecule has 132 valence electrons. The van der Waals surface area contributed by atoms with E-state index in [0.29, 0.717) is 13.1 Å². The highest BCUT2D eigenvalue weighted by atomic mass is 16.5. The molecule has 1 aromatic rings. The molecular formula is C19H23N3O3. The van der Waals surface area contributed by atoms with Gasteiger partial charge in [0.05, 0.1) is 19.1 Å². The van der Waals surface area contributed by atoms with Crippen molar-refractivity contribution >= 4 is 11.8 Å². The van der Waals surface area contributed by atoms with Gasteiger partial charge >= 0.3 is 0 Å². The van der Waals surface area contributed by atoms with Crippen molar-refractivity contribution in [3.05, 3.63) is 29.8 Å². The molecule has 1 aromatic carbocycles. The first kappa shape index (κ1) is 17.3. The molecule has 0 spiro atoms. The zero-order chi connectivity index (χ0) is 18.0. The molecule has 2 fully saturated rings. The number of rotatable bonds is 5. The number of amides is 2. The maximum Gasteiger partial charge on any atom is 0.229 e. The average molecular weight is 341 g/mol. The van der Waals surface area contributed by atoms with E-state index in [2.05, 4.69) is 6.07 Å². The van der Waals surface area contributed by atoms with Gasteiger partial charge in [0.2, 0.25) is 11.8 Å². The van der Waals surface area contributed by atoms with Crippen molar-refractivity contribution in [2.45, 2.75) is 37.8 Å². The van der Waals surface area contributed by atoms with Crippen LogP contribution in [0, 0.1) is 17.2 Å². The Kier molecular flexibility index (Phi) is 4.67. The average Bonchev–Trinajstić information content (AvgIpc) is 2.95. The van der Waals surface area contributed by atoms with Crippen LogP contribution < -0.4 is 4.74 Å². The molecule has 6 nitrogen and oxygen atoms in total. The second kappa shape index (κ2) is 6.75. The Bertz CT molecular complexity index is 704. The zero-order valence-corrected chi connectivity index (χ0v) is 14.7. The predicted octanol–water partition coefficient (Wildman–Crippen LogP) is 1.95. The van der Waals surface area contributed by atoms with Gasteiger partial charge in [0.15, 0.2) is 0 Å². The highest BCUT2D eigenvalue weighted by molar-refractivity contribution is 5.89. The van der Waals surface area contributed by atoms with Gasteiger partial charge in [0.25, 0.3) is 0 Å². The number of carbonyl (C=O) groups is 2. The molecule has 1 heterocycles. The van der Waals surface area contributed by atoms with Gasteiger partial charge in [0.1, 0.15) is 11.3 Å². The van der Waals surface area contributed by atoms with Crippen LogP contribution in [0.15, 0.2) is 24.3 Å². The van der Waals surface area contributed by atoms with Gasteiger partial charge in [-0.3, -0.25) is 9.59 Å². The van der Waals surface area contributed by atoms with E-state index < -0.39 is 5.54 Å². The molecule has 1 aliphatic heterocycles. The molecule has 1 aliphatic carbocycles. The Hall–Kier alpha value is -2.55. The molecule has 0 bridgehead atoms. The predicted molar refractivity (Wildman–Crippen MR) is 91.5 cm³/mol. The summed E-state index contributed by atoms with van der Waals surface area (Å²) in [6, 6.07) is 9.85. The SMILES string of the molecule is COc1ccc(CN2CC(C(=O)N(C)C3(C#N)CCC3)CC2=O)cc1. The molecule has 0 radical (unpaired) electrons. The monoisotopic (exact) mass is 341 g/mol. The maximum absolute atomic E-state index is 12.8. The molecule has 1 unspecified atom stereocenters. The fourth-order valence-corrected chi connectivity index (χ4v) is 3.56. The molecule has 0 N–H and O–H groups in total. The fourth-order valence-electron chi connectivity index (χ4n) is 3.56. The van der Waals surface area contributed by atoms with Crippen LogP contribution in [-0.4, -0.2) is 47.9 Å². The normalized spacial score (nSPS) is 21.4. The van der Waals surface area contributed by atoms with Gasteiger partial charge in [-0.2, -0.15) is 5.26 Å². The Labute approximate surface area is 148 Å². The van der Waals surface area contributed by atoms with Gasteiger partial charge in [-0.1, -0.05) is 12.1 Å². The lowest BCUT2D eigenvalue weighted by molar-refractivity contribution is -0.140. The summed E-state index contributed by atoms with van der Waals surface area (Å²) >= 11 is 0. The Morgan fingerprint density at radius 1 is 1.40 bits per heavy atom. The fraction of sp³-hybridized carbons (Fsp3) is 0.526. The minimum atomic E-state index is -0.663. The Morgan fingerprint density at radius 3 is 2.60 bits per heavy atom. The van der Waals surface area contributed by atoms with Crippen molar-refractivity contribution in [1.82, 2.24) is 9.80 Å². The molecular weight excluding hydrogens is 318 g/mol. The van der Waals surface area contributed by atoms with E-state index in [0.717, 1.165) is 30.6 Å². The highest BCUT2D eigenvalue weighted by Crippen LogP contribution is 2.37. The molecule has 1 saturated carbocycles. The largest absolute Gasteiger partial charge is 0.497 e. The summed E-state index contributed by atoms with van der Waals surface area (Å²) < 4.78 is 5.14. The van der Waals surface area contributed by atoms with E-state index in [1.807, 2.05) is 24.3 Å². The number of hydrogen-bond acceptors (Lipinski definition) is 4. The Morgan fingerprint density at radius 2 is 2.08 bits per heavy atom. The smallest absolute Gasteiger partial charge is 0.229 e. The van der Waals surface area contributed by atoms with Crippen molar-refractivity contribution in [3.63, 3.8) is 0 Å². The summed E-state index contributed by atoms with van der Waals surface area (Å²) in [4.78, 5) is 28.4. The topological polar surface area (TPSA) is 73.6 Å². The van der Waals surface area contributed by atoms with Crippen molar-refractivity contribution in [1.29, 1.82) is 5.26 Å². The van der Waals surface area contributed by atoms with Crippen LogP contribution >= 0.6 is 0 Å². The number of ether oxygens (including phenoxy) is 1. The van der Waals surface area contributed by atoms with Crippen molar-refractivity contribution in [2.24, 2.45) is 5.92 Å². The summed E-state index contributed by atoms with van der Waals surface area (Å²) in [6.45, 7) is 0.898. The zero-order valence-electron chi connectivity index (χ0n) is 14.7. The lowest BCUT2D eigenvalue weighted by atomic mass is 9.76. The molecule has 2 aliphatic rings. The summed E-state index contributed by atoms with van der Waals surface area (Å²) in [5, 5.41) is 9.41. The number of hydrogen-bond donors (Lipinski definition) is 0. The van der Waals surface area contributed by atoms with E-state index in [4.69, 9.17) is 4.74 Å². The van der Waals surface area contributed by atoms with Crippen LogP contribution in [-0.2, 0) is 16.1 Å². The second-order valence-corrected chi connectivity index (χ2v) is 6.92. The second-order valence-electron chi connectivity index (χ2n) is 6.92. The van der Waals surface area contributed by atoms with Crippen LogP contribution in [0.5, 0.6) is 5.75 Å². The van der Waals surface area contributed by atoms with E-state index in [-0.39, 0.29) is 24.2 Å². The Balaban J connectivity index is 1.63. The first-order valence-electron chi connectivity index (χ1n) is 8.59. The number of likely N-dealkylation sites (tertiary alicyclic amines) is 1. The van der Waals surface area contributed by atoms with Gasteiger partial charge in [-0.25, -0.2) is 0 Å². The van der Waals surface area contributed by atoms with Crippen molar-refractivity contribution in [3.8, 4) is 11.8 Å². The standard InChI is InChI=1S/C19H23N3O3/c1-21(19(13-20)8-3-9-19)18(24)15-10-17(23)22(12-15)11-14-4-6-16(25-2)7-5-14/h4-7,15H,3,8-12H2,1-2H3. The first-order chi connectivity index (χ1) is 12.0. The summed E-state index contributed by atoms with van der Waals surface area (Å²) in [5.74, 6) is 0.309. The third-order valence-corrected chi connectivity index (χ3v) is 5.46. The molecule has 1 atom stereocenters. The minimum absolute atomic E-state index is 0.0119. The first-order valence-corrected chi connectivity index (χ1v) is 8.59. The van der Waals surface area contributed by atoms with Gasteiger partial charge in [-0.05, 0) is 37.0 Å². The van der Waals surface area contributed by atoms with Gasteiger partial charge in [-0.15, -0.1) is 0 Å². The quantitative estimate of drug-likeness (QED) is 0.820. The number of nitriles is 1. The summed E-state index contributed by atoms with van der Waals surface area (Å²) in [7, 11) is 3.31. The number of benzene rings is 1. The molecule has 0 aromatic heterocycles. The van der Waals surface area contributed by atoms with E-state index in [1.165, 1.54) is 0 Å². The van der Waals surface area contributed by atoms with Gasteiger partial charge in [0, 0.05) is 26.6 Å². The number of methoxy groups -OCH3 is 1. The van der Waals surface area contributed by atoms with E-state index in [9.17, 15) is 14.9 Å². The van der Waals surface area contributed by atoms with Crippen LogP contribution in [0.1, 0.15) is 31.2 Å². The van der Waals surface area contributed by atoms with Crippen LogP contribution in [0.25, 0.3) is 0 Å². The minimum Gasteiger partial charge on any atom is -0.497 e. The van der Waals surface area contributed by atoms with Crippen molar-refractivity contribution in [2.75, 3.05) is 20.7 Å². The molecule has 1 saturated heterocycles. The van der Waals surface area contributed by atoms with E-state index >= 15 is 0 Å². The third kappa shape index (κ3) is 3.19. The molecule has 2 amide bonds. The van der Waals surface area contributed by atoms with E-state index in [1.54, 1.807) is 24.0 Å². The lowest BCUT2D eigenvalue weighted by Crippen LogP contribution is -2.55. The highest BCUT2D eigenvalue weighted by Gasteiger charge is 2.46. The van der Waals surface area contributed by atoms with Crippen LogP contribution in [0.3, 0.4) is 0 Å². The van der Waals surface area contributed by atoms with Gasteiger partial charge < -0.3 is 14.5 Å². The lowest BCUT2D eigenvalue weighted by Gasteiger charge is -2.43. The molecule has 3 rings (SSSR count). The maximum atomic E-state index is 12.8. The van der Waals surface area contributed by atoms with Crippen molar-refractivity contribution < 1.29 is 14.3 Å². The summed E-state index contributed by atoms with van der Waals surface area (Å²) in [6.07, 6.45) is 2.64. The number of carbonyl (C=O) groups excluding carboxylic acids is 2. The molecule has 6 heteroatoms. The third-order valence-electron chi connectivity index (χ3n) is 5.46. The van der Waals surface area contributed by atoms with Crippen LogP contribution in [0.4, 0.5) is 0 Å². The molecule has 25 heavy (non-hydrogen) atoms. The number of nitrogens with zero attached hydrogens (tertiary/aromatic N) is 3. The van der Waals surface area contributed by atoms with Crippen LogP contribution in [0.2, 0.25) is 0 Å². The summed E-state index contributed by atoms with van der Waals surface area (Å²) in [5.41, 5.74) is 0.340.